The molecule has 0 amide bonds. The molecule has 1 heterocycles. The second kappa shape index (κ2) is 5.52. The summed E-state index contributed by atoms with van der Waals surface area (Å²) in [5, 5.41) is 11.2. The zero-order valence-electron chi connectivity index (χ0n) is 12.0. The maximum absolute atomic E-state index is 11.2. The number of H-pyrrole nitrogens is 1. The van der Waals surface area contributed by atoms with E-state index in [0.29, 0.717) is 5.82 Å². The minimum atomic E-state index is -0.336. The van der Waals surface area contributed by atoms with Crippen LogP contribution in [0.25, 0.3) is 0 Å². The van der Waals surface area contributed by atoms with E-state index in [1.165, 1.54) is 17.2 Å². The number of benzene rings is 1. The molecule has 108 valence electrons. The van der Waals surface area contributed by atoms with E-state index in [4.69, 9.17) is 0 Å². The van der Waals surface area contributed by atoms with Gasteiger partial charge in [-0.1, -0.05) is 24.3 Å². The first kappa shape index (κ1) is 13.5. The van der Waals surface area contributed by atoms with Gasteiger partial charge in [0.2, 0.25) is 0 Å². The topological polar surface area (TPSA) is 60.5 Å². The van der Waals surface area contributed by atoms with Crippen molar-refractivity contribution in [1.82, 2.24) is 0 Å². The lowest BCUT2D eigenvalue weighted by molar-refractivity contribution is -0.411. The number of aryl methyl sites for hydroxylation is 1. The summed E-state index contributed by atoms with van der Waals surface area (Å²) in [7, 11) is 1.92. The normalized spacial score (nSPS) is 17.1. The Morgan fingerprint density at radius 3 is 2.90 bits per heavy atom. The molecule has 21 heavy (non-hydrogen) atoms. The smallest absolute Gasteiger partial charge is 0.258 e. The van der Waals surface area contributed by atoms with E-state index < -0.39 is 0 Å². The molecule has 1 aliphatic carbocycles. The van der Waals surface area contributed by atoms with E-state index in [-0.39, 0.29) is 16.7 Å². The summed E-state index contributed by atoms with van der Waals surface area (Å²) in [5.41, 5.74) is 2.74. The van der Waals surface area contributed by atoms with Crippen molar-refractivity contribution in [2.24, 2.45) is 0 Å². The molecule has 1 aromatic heterocycles. The van der Waals surface area contributed by atoms with Crippen molar-refractivity contribution in [3.63, 3.8) is 0 Å². The third kappa shape index (κ3) is 2.46. The van der Waals surface area contributed by atoms with Crippen LogP contribution in [0.2, 0.25) is 0 Å². The SMILES string of the molecule is CN(c1[nH+]cccc1[N+](=O)[O-])[C@H]1CCCc2ccccc21. The van der Waals surface area contributed by atoms with Crippen LogP contribution in [-0.4, -0.2) is 12.0 Å². The van der Waals surface area contributed by atoms with Crippen LogP contribution in [-0.2, 0) is 6.42 Å². The van der Waals surface area contributed by atoms with E-state index in [9.17, 15) is 10.1 Å². The zero-order valence-corrected chi connectivity index (χ0v) is 12.0. The number of nitrogens with zero attached hydrogens (tertiary/aromatic N) is 2. The van der Waals surface area contributed by atoms with Gasteiger partial charge in [-0.3, -0.25) is 15.0 Å². The highest BCUT2D eigenvalue weighted by atomic mass is 16.6. The van der Waals surface area contributed by atoms with E-state index in [2.05, 4.69) is 23.2 Å². The summed E-state index contributed by atoms with van der Waals surface area (Å²) in [6, 6.07) is 11.7. The average molecular weight is 284 g/mol. The molecule has 0 fully saturated rings. The molecule has 5 nitrogen and oxygen atoms in total. The monoisotopic (exact) mass is 284 g/mol. The number of fused-ring (bicyclic) bond motifs is 1. The molecular weight excluding hydrogens is 266 g/mol. The molecule has 0 bridgehead atoms. The Bertz CT molecular complexity index is 672. The molecular formula is C16H18N3O2+. The van der Waals surface area contributed by atoms with Crippen molar-refractivity contribution in [1.29, 1.82) is 0 Å². The fourth-order valence-corrected chi connectivity index (χ4v) is 3.14. The van der Waals surface area contributed by atoms with Crippen LogP contribution in [0.4, 0.5) is 11.5 Å². The highest BCUT2D eigenvalue weighted by Crippen LogP contribution is 2.36. The van der Waals surface area contributed by atoms with Crippen LogP contribution in [0.1, 0.15) is 30.0 Å². The van der Waals surface area contributed by atoms with Crippen molar-refractivity contribution in [3.8, 4) is 0 Å². The minimum Gasteiger partial charge on any atom is -0.258 e. The highest BCUT2D eigenvalue weighted by molar-refractivity contribution is 5.55. The largest absolute Gasteiger partial charge is 0.357 e. The van der Waals surface area contributed by atoms with Crippen LogP contribution in [0.5, 0.6) is 0 Å². The second-order valence-corrected chi connectivity index (χ2v) is 5.38. The first-order chi connectivity index (χ1) is 10.2. The summed E-state index contributed by atoms with van der Waals surface area (Å²) in [6.45, 7) is 0. The maximum Gasteiger partial charge on any atom is 0.357 e. The molecule has 2 aromatic rings. The van der Waals surface area contributed by atoms with Crippen molar-refractivity contribution in [3.05, 3.63) is 63.8 Å². The Morgan fingerprint density at radius 2 is 2.10 bits per heavy atom. The predicted molar refractivity (Wildman–Crippen MR) is 80.2 cm³/mol. The number of aromatic amines is 1. The summed E-state index contributed by atoms with van der Waals surface area (Å²) in [6.07, 6.45) is 4.93. The number of pyridine rings is 1. The third-order valence-electron chi connectivity index (χ3n) is 4.17. The Labute approximate surface area is 123 Å². The Balaban J connectivity index is 2.01. The average Bonchev–Trinajstić information content (AvgIpc) is 2.53. The highest BCUT2D eigenvalue weighted by Gasteiger charge is 2.33. The molecule has 1 N–H and O–H groups in total. The molecule has 1 aliphatic rings. The first-order valence-electron chi connectivity index (χ1n) is 7.14. The summed E-state index contributed by atoms with van der Waals surface area (Å²) >= 11 is 0. The number of aromatic nitrogens is 1. The molecule has 0 spiro atoms. The van der Waals surface area contributed by atoms with E-state index in [1.54, 1.807) is 12.3 Å². The quantitative estimate of drug-likeness (QED) is 0.643. The number of anilines is 1. The van der Waals surface area contributed by atoms with Gasteiger partial charge in [0, 0.05) is 6.07 Å². The van der Waals surface area contributed by atoms with Gasteiger partial charge in [-0.15, -0.1) is 0 Å². The number of hydrogen-bond donors (Lipinski definition) is 0. The number of nitrogens with one attached hydrogen (secondary N) is 1. The van der Waals surface area contributed by atoms with Gasteiger partial charge < -0.3 is 0 Å². The maximum atomic E-state index is 11.2. The van der Waals surface area contributed by atoms with Crippen molar-refractivity contribution in [2.75, 3.05) is 11.9 Å². The van der Waals surface area contributed by atoms with E-state index in [1.807, 2.05) is 18.0 Å². The lowest BCUT2D eigenvalue weighted by Gasteiger charge is -2.28. The molecule has 0 saturated heterocycles. The van der Waals surface area contributed by atoms with E-state index in [0.717, 1.165) is 19.3 Å². The van der Waals surface area contributed by atoms with Crippen LogP contribution < -0.4 is 9.88 Å². The summed E-state index contributed by atoms with van der Waals surface area (Å²) in [4.78, 5) is 15.9. The van der Waals surface area contributed by atoms with Crippen molar-refractivity contribution in [2.45, 2.75) is 25.3 Å². The first-order valence-corrected chi connectivity index (χ1v) is 7.14. The Morgan fingerprint density at radius 1 is 1.29 bits per heavy atom. The van der Waals surface area contributed by atoms with Crippen LogP contribution in [0.15, 0.2) is 42.6 Å². The standard InChI is InChI=1S/C16H17N3O2/c1-18(16-15(19(20)21)10-5-11-17-16)14-9-4-7-12-6-2-3-8-13(12)14/h2-3,5-6,8,10-11,14H,4,7,9H2,1H3/p+1/t14-/m0/s1. The number of rotatable bonds is 3. The lowest BCUT2D eigenvalue weighted by Crippen LogP contribution is -2.32. The molecule has 1 atom stereocenters. The van der Waals surface area contributed by atoms with Crippen molar-refractivity contribution < 1.29 is 9.91 Å². The fourth-order valence-electron chi connectivity index (χ4n) is 3.14. The van der Waals surface area contributed by atoms with Gasteiger partial charge in [0.05, 0.1) is 18.2 Å². The molecule has 0 unspecified atom stereocenters. The molecule has 0 aliphatic heterocycles. The van der Waals surface area contributed by atoms with Crippen LogP contribution >= 0.6 is 0 Å². The van der Waals surface area contributed by atoms with Gasteiger partial charge in [-0.25, -0.2) is 4.98 Å². The van der Waals surface area contributed by atoms with E-state index >= 15 is 0 Å². The molecule has 5 heteroatoms. The Kier molecular flexibility index (Phi) is 3.56. The van der Waals surface area contributed by atoms with Crippen LogP contribution in [0.3, 0.4) is 0 Å². The van der Waals surface area contributed by atoms with Crippen molar-refractivity contribution >= 4 is 11.5 Å². The van der Waals surface area contributed by atoms with Gasteiger partial charge >= 0.3 is 11.5 Å². The lowest BCUT2D eigenvalue weighted by atomic mass is 9.87. The van der Waals surface area contributed by atoms with Gasteiger partial charge in [-0.05, 0) is 36.5 Å². The predicted octanol–water partition coefficient (Wildman–Crippen LogP) is 2.92. The summed E-state index contributed by atoms with van der Waals surface area (Å²) in [5.74, 6) is 0.559. The minimum absolute atomic E-state index is 0.114. The van der Waals surface area contributed by atoms with Gasteiger partial charge in [-0.2, -0.15) is 0 Å². The molecule has 0 radical (unpaired) electrons. The Hall–Kier alpha value is -2.43. The number of hydrogen-bond acceptors (Lipinski definition) is 3. The third-order valence-corrected chi connectivity index (χ3v) is 4.17. The second-order valence-electron chi connectivity index (χ2n) is 5.38. The molecule has 3 rings (SSSR count). The zero-order chi connectivity index (χ0) is 14.8. The van der Waals surface area contributed by atoms with Crippen LogP contribution in [0, 0.1) is 10.1 Å². The molecule has 0 saturated carbocycles. The number of nitro groups is 1. The summed E-state index contributed by atoms with van der Waals surface area (Å²) < 4.78 is 0. The molecule has 1 aromatic carbocycles. The van der Waals surface area contributed by atoms with Gasteiger partial charge in [0.15, 0.2) is 0 Å². The van der Waals surface area contributed by atoms with Gasteiger partial charge in [0.1, 0.15) is 6.04 Å². The van der Waals surface area contributed by atoms with Gasteiger partial charge in [0.25, 0.3) is 0 Å². The fraction of sp³-hybridized carbons (Fsp3) is 0.312.